The average molecular weight is 450 g/mol. The zero-order valence-electron chi connectivity index (χ0n) is 18.0. The number of nitrogens with two attached hydrogens (primary N) is 1. The molecule has 2 aromatic rings. The number of hydrogen-bond donors (Lipinski definition) is 3. The molecule has 1 aromatic heterocycles. The van der Waals surface area contributed by atoms with Gasteiger partial charge in [-0.3, -0.25) is 9.35 Å². The number of pyridine rings is 1. The van der Waals surface area contributed by atoms with Gasteiger partial charge in [-0.05, 0) is 55.1 Å². The third kappa shape index (κ3) is 9.91. The van der Waals surface area contributed by atoms with Gasteiger partial charge in [0.15, 0.2) is 0 Å². The highest BCUT2D eigenvalue weighted by Crippen LogP contribution is 2.27. The zero-order valence-corrected chi connectivity index (χ0v) is 18.8. The van der Waals surface area contributed by atoms with Crippen molar-refractivity contribution in [3.05, 3.63) is 53.3 Å². The van der Waals surface area contributed by atoms with E-state index >= 15 is 0 Å². The lowest BCUT2D eigenvalue weighted by Gasteiger charge is -2.12. The summed E-state index contributed by atoms with van der Waals surface area (Å²) >= 11 is 0. The first-order valence-electron chi connectivity index (χ1n) is 10.3. The number of nitrogens with one attached hydrogen (secondary N) is 1. The van der Waals surface area contributed by atoms with Crippen LogP contribution in [-0.2, 0) is 16.7 Å². The smallest absolute Gasteiger partial charge is 0.267 e. The molecule has 8 nitrogen and oxygen atoms in total. The van der Waals surface area contributed by atoms with Crippen molar-refractivity contribution in [2.24, 2.45) is 11.7 Å². The fraction of sp³-hybridized carbons (Fsp3) is 0.455. The van der Waals surface area contributed by atoms with Gasteiger partial charge >= 0.3 is 0 Å². The lowest BCUT2D eigenvalue weighted by molar-refractivity contribution is 0.0995. The Labute approximate surface area is 184 Å². The molecule has 0 radical (unpaired) electrons. The Kier molecular flexibility index (Phi) is 9.42. The van der Waals surface area contributed by atoms with Crippen molar-refractivity contribution in [2.45, 2.75) is 45.6 Å². The molecule has 4 N–H and O–H groups in total. The van der Waals surface area contributed by atoms with Crippen LogP contribution < -0.4 is 15.8 Å². The third-order valence-electron chi connectivity index (χ3n) is 4.99. The minimum atomic E-state index is -3.67. The molecule has 0 saturated heterocycles. The highest BCUT2D eigenvalue weighted by atomic mass is 32.2. The summed E-state index contributed by atoms with van der Waals surface area (Å²) < 4.78 is 31.7. The first-order valence-corrected chi connectivity index (χ1v) is 12.1. The first-order chi connectivity index (χ1) is 14.6. The largest absolute Gasteiger partial charge is 0.455 e. The number of ether oxygens (including phenoxy) is 1. The SMILES string of the molecule is CS(=O)(=O)O.Cc1cc(CNCCC2CCCC2)ccc1Oc1ccc(C(N)=O)nc1. The van der Waals surface area contributed by atoms with Gasteiger partial charge in [0.2, 0.25) is 0 Å². The van der Waals surface area contributed by atoms with Gasteiger partial charge in [0.1, 0.15) is 17.2 Å². The molecular weight excluding hydrogens is 418 g/mol. The van der Waals surface area contributed by atoms with Crippen LogP contribution in [0, 0.1) is 12.8 Å². The second-order valence-electron chi connectivity index (χ2n) is 7.79. The molecule has 31 heavy (non-hydrogen) atoms. The van der Waals surface area contributed by atoms with Gasteiger partial charge in [0.05, 0.1) is 12.5 Å². The zero-order chi connectivity index (χ0) is 22.9. The monoisotopic (exact) mass is 449 g/mol. The van der Waals surface area contributed by atoms with E-state index in [1.54, 1.807) is 12.1 Å². The Bertz CT molecular complexity index is 948. The van der Waals surface area contributed by atoms with Gasteiger partial charge in [-0.2, -0.15) is 8.42 Å². The van der Waals surface area contributed by atoms with Gasteiger partial charge in [-0.25, -0.2) is 4.98 Å². The summed E-state index contributed by atoms with van der Waals surface area (Å²) in [4.78, 5) is 15.1. The van der Waals surface area contributed by atoms with E-state index in [-0.39, 0.29) is 5.69 Å². The van der Waals surface area contributed by atoms with E-state index in [0.29, 0.717) is 12.0 Å². The second kappa shape index (κ2) is 11.8. The number of aromatic nitrogens is 1. The Morgan fingerprint density at radius 1 is 1.26 bits per heavy atom. The fourth-order valence-corrected chi connectivity index (χ4v) is 3.49. The Balaban J connectivity index is 0.000000614. The normalized spacial score (nSPS) is 14.0. The van der Waals surface area contributed by atoms with Crippen LogP contribution in [0.4, 0.5) is 0 Å². The van der Waals surface area contributed by atoms with Crippen LogP contribution in [0.1, 0.15) is 53.7 Å². The van der Waals surface area contributed by atoms with Crippen molar-refractivity contribution < 1.29 is 22.5 Å². The average Bonchev–Trinajstić information content (AvgIpc) is 3.20. The maximum atomic E-state index is 11.1. The number of amides is 1. The van der Waals surface area contributed by atoms with Crippen molar-refractivity contribution in [2.75, 3.05) is 12.8 Å². The number of rotatable bonds is 8. The number of carbonyl (C=O) groups excluding carboxylic acids is 1. The summed E-state index contributed by atoms with van der Waals surface area (Å²) in [6.07, 6.45) is 9.14. The molecule has 1 aliphatic rings. The van der Waals surface area contributed by atoms with Crippen LogP contribution in [0.2, 0.25) is 0 Å². The Hall–Kier alpha value is -2.49. The van der Waals surface area contributed by atoms with Crippen molar-refractivity contribution in [3.63, 3.8) is 0 Å². The molecule has 0 aliphatic heterocycles. The Morgan fingerprint density at radius 3 is 2.48 bits per heavy atom. The molecule has 0 unspecified atom stereocenters. The molecule has 1 aliphatic carbocycles. The summed E-state index contributed by atoms with van der Waals surface area (Å²) in [6, 6.07) is 9.46. The molecule has 1 aromatic carbocycles. The number of aryl methyl sites for hydroxylation is 1. The maximum absolute atomic E-state index is 11.1. The number of primary amides is 1. The van der Waals surface area contributed by atoms with Crippen LogP contribution in [0.25, 0.3) is 0 Å². The number of benzene rings is 1. The van der Waals surface area contributed by atoms with Crippen LogP contribution >= 0.6 is 0 Å². The number of hydrogen-bond acceptors (Lipinski definition) is 6. The van der Waals surface area contributed by atoms with Gasteiger partial charge in [0.25, 0.3) is 16.0 Å². The second-order valence-corrected chi connectivity index (χ2v) is 9.26. The van der Waals surface area contributed by atoms with Gasteiger partial charge < -0.3 is 15.8 Å². The molecule has 1 heterocycles. The van der Waals surface area contributed by atoms with E-state index in [2.05, 4.69) is 22.4 Å². The lowest BCUT2D eigenvalue weighted by atomic mass is 10.0. The van der Waals surface area contributed by atoms with E-state index < -0.39 is 16.0 Å². The van der Waals surface area contributed by atoms with Crippen LogP contribution in [-0.4, -0.2) is 36.7 Å². The van der Waals surface area contributed by atoms with Crippen molar-refractivity contribution in [3.8, 4) is 11.5 Å². The third-order valence-corrected chi connectivity index (χ3v) is 4.99. The van der Waals surface area contributed by atoms with Crippen molar-refractivity contribution in [1.29, 1.82) is 0 Å². The number of nitrogens with zero attached hydrogens (tertiary/aromatic N) is 1. The van der Waals surface area contributed by atoms with E-state index in [4.69, 9.17) is 15.0 Å². The van der Waals surface area contributed by atoms with Gasteiger partial charge in [-0.1, -0.05) is 37.8 Å². The molecule has 1 saturated carbocycles. The molecule has 0 atom stereocenters. The lowest BCUT2D eigenvalue weighted by Crippen LogP contribution is -2.17. The number of carbonyl (C=O) groups is 1. The summed E-state index contributed by atoms with van der Waals surface area (Å²) in [5.74, 6) is 1.75. The molecule has 170 valence electrons. The Morgan fingerprint density at radius 2 is 1.94 bits per heavy atom. The fourth-order valence-electron chi connectivity index (χ4n) is 3.49. The van der Waals surface area contributed by atoms with E-state index in [0.717, 1.165) is 30.3 Å². The van der Waals surface area contributed by atoms with Gasteiger partial charge in [-0.15, -0.1) is 0 Å². The van der Waals surface area contributed by atoms with E-state index in [9.17, 15) is 13.2 Å². The molecule has 3 rings (SSSR count). The van der Waals surface area contributed by atoms with Crippen LogP contribution in [0.5, 0.6) is 11.5 Å². The minimum absolute atomic E-state index is 0.230. The molecule has 9 heteroatoms. The molecule has 0 bridgehead atoms. The summed E-state index contributed by atoms with van der Waals surface area (Å²) in [7, 11) is -3.67. The van der Waals surface area contributed by atoms with Crippen LogP contribution in [0.3, 0.4) is 0 Å². The predicted molar refractivity (Wildman–Crippen MR) is 120 cm³/mol. The highest BCUT2D eigenvalue weighted by Gasteiger charge is 2.14. The van der Waals surface area contributed by atoms with E-state index in [1.807, 2.05) is 13.0 Å². The highest BCUT2D eigenvalue weighted by molar-refractivity contribution is 7.85. The molecule has 1 fully saturated rings. The van der Waals surface area contributed by atoms with E-state index in [1.165, 1.54) is 43.9 Å². The van der Waals surface area contributed by atoms with Crippen molar-refractivity contribution in [1.82, 2.24) is 10.3 Å². The molecule has 1 amide bonds. The van der Waals surface area contributed by atoms with Crippen LogP contribution in [0.15, 0.2) is 36.5 Å². The molecular formula is C22H31N3O5S. The summed E-state index contributed by atoms with van der Waals surface area (Å²) in [6.45, 7) is 3.99. The summed E-state index contributed by atoms with van der Waals surface area (Å²) in [5, 5.41) is 3.55. The summed E-state index contributed by atoms with van der Waals surface area (Å²) in [5.41, 5.74) is 7.75. The first kappa shape index (κ1) is 24.8. The standard InChI is InChI=1S/C21H27N3O2.CH4O3S/c1-15-12-17(13-23-11-10-16-4-2-3-5-16)6-9-20(15)26-18-7-8-19(21(22)25)24-14-18;1-5(2,3)4/h6-9,12,14,16,23H,2-5,10-11,13H2,1H3,(H2,22,25);1H3,(H,2,3,4). The van der Waals surface area contributed by atoms with Crippen molar-refractivity contribution >= 4 is 16.0 Å². The maximum Gasteiger partial charge on any atom is 0.267 e. The predicted octanol–water partition coefficient (Wildman–Crippen LogP) is 3.46. The minimum Gasteiger partial charge on any atom is -0.455 e. The quantitative estimate of drug-likeness (QED) is 0.415. The van der Waals surface area contributed by atoms with Gasteiger partial charge in [0, 0.05) is 6.54 Å². The molecule has 0 spiro atoms. The topological polar surface area (TPSA) is 132 Å².